The lowest BCUT2D eigenvalue weighted by Gasteiger charge is -2.14. The highest BCUT2D eigenvalue weighted by Gasteiger charge is 2.17. The summed E-state index contributed by atoms with van der Waals surface area (Å²) in [5.74, 6) is 2.23. The van der Waals surface area contributed by atoms with E-state index in [1.807, 2.05) is 0 Å². The first-order chi connectivity index (χ1) is 8.43. The molecule has 0 unspecified atom stereocenters. The molecule has 0 saturated carbocycles. The maximum atomic E-state index is 11.1. The van der Waals surface area contributed by atoms with Crippen LogP contribution in [0.2, 0.25) is 0 Å². The van der Waals surface area contributed by atoms with Crippen LogP contribution in [0.4, 0.5) is 4.79 Å². The van der Waals surface area contributed by atoms with E-state index in [1.54, 1.807) is 11.3 Å². The van der Waals surface area contributed by atoms with E-state index in [-0.39, 0.29) is 12.0 Å². The zero-order chi connectivity index (χ0) is 13.6. The van der Waals surface area contributed by atoms with Crippen LogP contribution in [0.5, 0.6) is 0 Å². The molecule has 5 heteroatoms. The van der Waals surface area contributed by atoms with E-state index in [4.69, 9.17) is 6.42 Å². The van der Waals surface area contributed by atoms with Gasteiger partial charge in [-0.1, -0.05) is 26.7 Å². The number of rotatable bonds is 4. The number of alkyl carbamates (subject to hydrolysis) is 1. The first-order valence-electron chi connectivity index (χ1n) is 5.72. The van der Waals surface area contributed by atoms with Gasteiger partial charge in [-0.05, 0) is 0 Å². The number of terminal acetylenes is 1. The van der Waals surface area contributed by atoms with E-state index in [9.17, 15) is 4.79 Å². The molecular weight excluding hydrogens is 248 g/mol. The summed E-state index contributed by atoms with van der Waals surface area (Å²) in [4.78, 5) is 15.6. The number of carbonyl (C=O) groups excluding carboxylic acids is 1. The number of nitrogens with one attached hydrogen (secondary N) is 1. The Hall–Kier alpha value is -1.54. The van der Waals surface area contributed by atoms with Gasteiger partial charge in [-0.3, -0.25) is 0 Å². The molecule has 0 fully saturated rings. The van der Waals surface area contributed by atoms with Crippen LogP contribution in [0.3, 0.4) is 0 Å². The second-order valence-corrected chi connectivity index (χ2v) is 5.78. The highest BCUT2D eigenvalue weighted by Crippen LogP contribution is 2.23. The van der Waals surface area contributed by atoms with E-state index in [0.717, 1.165) is 10.7 Å². The van der Waals surface area contributed by atoms with Gasteiger partial charge in [0.1, 0.15) is 0 Å². The molecule has 0 saturated heterocycles. The minimum atomic E-state index is -0.486. The maximum absolute atomic E-state index is 11.1. The van der Waals surface area contributed by atoms with Crippen LogP contribution >= 0.6 is 11.3 Å². The summed E-state index contributed by atoms with van der Waals surface area (Å²) in [6.45, 7) is 6.88. The summed E-state index contributed by atoms with van der Waals surface area (Å²) >= 11 is 1.61. The molecule has 0 radical (unpaired) electrons. The van der Waals surface area contributed by atoms with Crippen molar-refractivity contribution in [2.45, 2.75) is 32.6 Å². The second-order valence-electron chi connectivity index (χ2n) is 4.83. The van der Waals surface area contributed by atoms with Crippen molar-refractivity contribution >= 4 is 17.4 Å². The molecule has 1 amide bonds. The molecule has 0 spiro atoms. The quantitative estimate of drug-likeness (QED) is 0.851. The third kappa shape index (κ3) is 4.76. The topological polar surface area (TPSA) is 51.2 Å². The lowest BCUT2D eigenvalue weighted by molar-refractivity contribution is 0.160. The van der Waals surface area contributed by atoms with Gasteiger partial charge in [-0.15, -0.1) is 17.8 Å². The third-order valence-corrected chi connectivity index (χ3v) is 3.12. The number of aromatic nitrogens is 1. The minimum Gasteiger partial charge on any atom is -0.436 e. The second kappa shape index (κ2) is 6.41. The van der Waals surface area contributed by atoms with Gasteiger partial charge in [-0.25, -0.2) is 9.78 Å². The number of hydrogen-bond acceptors (Lipinski definition) is 4. The number of thiazole rings is 1. The van der Waals surface area contributed by atoms with Gasteiger partial charge in [0.2, 0.25) is 0 Å². The Morgan fingerprint density at radius 2 is 2.33 bits per heavy atom. The average molecular weight is 266 g/mol. The zero-order valence-electron chi connectivity index (χ0n) is 10.9. The van der Waals surface area contributed by atoms with Gasteiger partial charge in [-0.2, -0.15) is 0 Å². The van der Waals surface area contributed by atoms with Gasteiger partial charge in [0, 0.05) is 23.8 Å². The molecule has 18 heavy (non-hydrogen) atoms. The molecular formula is C13H18N2O2S. The van der Waals surface area contributed by atoms with E-state index in [2.05, 4.69) is 47.1 Å². The molecule has 1 aromatic heterocycles. The highest BCUT2D eigenvalue weighted by molar-refractivity contribution is 7.09. The summed E-state index contributed by atoms with van der Waals surface area (Å²) in [7, 11) is 0. The number of nitrogens with zero attached hydrogens (tertiary/aromatic N) is 1. The van der Waals surface area contributed by atoms with E-state index in [1.165, 1.54) is 0 Å². The Labute approximate surface area is 112 Å². The van der Waals surface area contributed by atoms with Gasteiger partial charge in [0.25, 0.3) is 0 Å². The van der Waals surface area contributed by atoms with Crippen molar-refractivity contribution < 1.29 is 9.53 Å². The first-order valence-corrected chi connectivity index (χ1v) is 6.60. The van der Waals surface area contributed by atoms with Crippen molar-refractivity contribution in [2.75, 3.05) is 13.2 Å². The van der Waals surface area contributed by atoms with Crippen LogP contribution in [0.25, 0.3) is 0 Å². The van der Waals surface area contributed by atoms with E-state index < -0.39 is 6.09 Å². The molecule has 0 aliphatic carbocycles. The lowest BCUT2D eigenvalue weighted by atomic mass is 9.93. The molecule has 1 N–H and O–H groups in total. The van der Waals surface area contributed by atoms with Crippen molar-refractivity contribution in [3.8, 4) is 12.3 Å². The van der Waals surface area contributed by atoms with Crippen molar-refractivity contribution in [1.82, 2.24) is 10.3 Å². The molecule has 0 aliphatic heterocycles. The summed E-state index contributed by atoms with van der Waals surface area (Å²) in [5, 5.41) is 5.70. The van der Waals surface area contributed by atoms with Crippen LogP contribution in [0, 0.1) is 12.3 Å². The van der Waals surface area contributed by atoms with Crippen LogP contribution in [-0.4, -0.2) is 24.2 Å². The molecule has 0 atom stereocenters. The van der Waals surface area contributed by atoms with Gasteiger partial charge >= 0.3 is 6.09 Å². The highest BCUT2D eigenvalue weighted by atomic mass is 32.1. The minimum absolute atomic E-state index is 0.00272. The Balaban J connectivity index is 2.34. The first kappa shape index (κ1) is 14.5. The lowest BCUT2D eigenvalue weighted by Crippen LogP contribution is -2.26. The summed E-state index contributed by atoms with van der Waals surface area (Å²) in [6.07, 6.45) is 5.19. The van der Waals surface area contributed by atoms with Crippen molar-refractivity contribution in [1.29, 1.82) is 0 Å². The average Bonchev–Trinajstić information content (AvgIpc) is 2.74. The molecule has 4 nitrogen and oxygen atoms in total. The predicted octanol–water partition coefficient (Wildman–Crippen LogP) is 2.34. The normalized spacial score (nSPS) is 10.8. The van der Waals surface area contributed by atoms with Gasteiger partial charge in [0.05, 0.1) is 10.7 Å². The van der Waals surface area contributed by atoms with Crippen LogP contribution in [0.15, 0.2) is 5.38 Å². The molecule has 1 rings (SSSR count). The predicted molar refractivity (Wildman–Crippen MR) is 72.7 cm³/mol. The third-order valence-electron chi connectivity index (χ3n) is 2.21. The zero-order valence-corrected chi connectivity index (χ0v) is 11.8. The van der Waals surface area contributed by atoms with Crippen LogP contribution in [0.1, 0.15) is 31.5 Å². The summed E-state index contributed by atoms with van der Waals surface area (Å²) in [5.41, 5.74) is 1.14. The number of amides is 1. The monoisotopic (exact) mass is 266 g/mol. The smallest absolute Gasteiger partial charge is 0.408 e. The Bertz CT molecular complexity index is 441. The van der Waals surface area contributed by atoms with Crippen molar-refractivity contribution in [2.24, 2.45) is 0 Å². The van der Waals surface area contributed by atoms with Crippen molar-refractivity contribution in [3.63, 3.8) is 0 Å². The van der Waals surface area contributed by atoms with Crippen LogP contribution in [-0.2, 0) is 16.6 Å². The molecule has 98 valence electrons. The van der Waals surface area contributed by atoms with Gasteiger partial charge in [0.15, 0.2) is 6.61 Å². The molecule has 1 aromatic rings. The number of carbonyl (C=O) groups is 1. The van der Waals surface area contributed by atoms with E-state index in [0.29, 0.717) is 13.0 Å². The molecule has 0 aliphatic rings. The Morgan fingerprint density at radius 1 is 1.61 bits per heavy atom. The van der Waals surface area contributed by atoms with Gasteiger partial charge < -0.3 is 10.1 Å². The molecule has 0 aromatic carbocycles. The van der Waals surface area contributed by atoms with Crippen LogP contribution < -0.4 is 5.32 Å². The fraction of sp³-hybridized carbons (Fsp3) is 0.538. The van der Waals surface area contributed by atoms with Crippen molar-refractivity contribution in [3.05, 3.63) is 16.1 Å². The SMILES string of the molecule is C#CCOC(=O)NCCc1nc(C(C)(C)C)cs1. The Morgan fingerprint density at radius 3 is 2.89 bits per heavy atom. The number of hydrogen-bond donors (Lipinski definition) is 1. The standard InChI is InChI=1S/C13H18N2O2S/c1-5-8-17-12(16)14-7-6-11-15-10(9-18-11)13(2,3)4/h1,9H,6-8H2,2-4H3,(H,14,16). The maximum Gasteiger partial charge on any atom is 0.408 e. The summed E-state index contributed by atoms with van der Waals surface area (Å²) < 4.78 is 4.69. The Kier molecular flexibility index (Phi) is 5.17. The fourth-order valence-electron chi connectivity index (χ4n) is 1.20. The largest absolute Gasteiger partial charge is 0.436 e. The number of ether oxygens (including phenoxy) is 1. The molecule has 0 bridgehead atoms. The molecule has 1 heterocycles. The van der Waals surface area contributed by atoms with E-state index >= 15 is 0 Å². The fourth-order valence-corrected chi connectivity index (χ4v) is 2.22. The summed E-state index contributed by atoms with van der Waals surface area (Å²) in [6, 6.07) is 0.